The fraction of sp³-hybridized carbons (Fsp3) is 0.300. The Kier molecular flexibility index (Phi) is 5.86. The second-order valence-corrected chi connectivity index (χ2v) is 6.79. The summed E-state index contributed by atoms with van der Waals surface area (Å²) in [4.78, 5) is 26.5. The van der Waals surface area contributed by atoms with Crippen molar-refractivity contribution in [3.8, 4) is 5.75 Å². The van der Waals surface area contributed by atoms with Crippen LogP contribution in [0.25, 0.3) is 0 Å². The Bertz CT molecular complexity index is 843. The summed E-state index contributed by atoms with van der Waals surface area (Å²) in [7, 11) is 1.56. The number of nitrogens with zero attached hydrogens (tertiary/aromatic N) is 1. The van der Waals surface area contributed by atoms with Crippen molar-refractivity contribution in [2.75, 3.05) is 25.0 Å². The summed E-state index contributed by atoms with van der Waals surface area (Å²) < 4.78 is 5.76. The van der Waals surface area contributed by atoms with Crippen LogP contribution in [0.4, 0.5) is 5.69 Å². The number of rotatable bonds is 5. The first kappa shape index (κ1) is 19.0. The third kappa shape index (κ3) is 4.34. The molecule has 1 heterocycles. The molecule has 0 bridgehead atoms. The number of ether oxygens (including phenoxy) is 1. The summed E-state index contributed by atoms with van der Waals surface area (Å²) in [6.45, 7) is 2.30. The van der Waals surface area contributed by atoms with Gasteiger partial charge in [-0.1, -0.05) is 41.9 Å². The Morgan fingerprint density at radius 2 is 1.93 bits per heavy atom. The van der Waals surface area contributed by atoms with Gasteiger partial charge in [0.15, 0.2) is 6.10 Å². The molecule has 3 rings (SSSR count). The van der Waals surface area contributed by atoms with Crippen molar-refractivity contribution >= 4 is 29.1 Å². The molecule has 0 saturated carbocycles. The van der Waals surface area contributed by atoms with Gasteiger partial charge in [-0.3, -0.25) is 9.59 Å². The first-order chi connectivity index (χ1) is 13.0. The predicted octanol–water partition coefficient (Wildman–Crippen LogP) is 2.53. The quantitative estimate of drug-likeness (QED) is 0.827. The van der Waals surface area contributed by atoms with Crippen LogP contribution < -0.4 is 20.3 Å². The summed E-state index contributed by atoms with van der Waals surface area (Å²) in [5.41, 5.74) is 1.65. The number of carbonyl (C=O) groups excluding carboxylic acids is 2. The number of hydrogen-bond donors (Lipinski definition) is 2. The van der Waals surface area contributed by atoms with Crippen molar-refractivity contribution in [3.63, 3.8) is 0 Å². The van der Waals surface area contributed by atoms with E-state index in [2.05, 4.69) is 10.6 Å². The van der Waals surface area contributed by atoms with Gasteiger partial charge in [-0.05, 0) is 30.7 Å². The molecule has 0 spiro atoms. The molecular formula is C20H22ClN3O3. The third-order valence-electron chi connectivity index (χ3n) is 4.48. The zero-order valence-electron chi connectivity index (χ0n) is 15.2. The largest absolute Gasteiger partial charge is 0.477 e. The minimum atomic E-state index is -0.668. The molecule has 2 aromatic rings. The van der Waals surface area contributed by atoms with Crippen molar-refractivity contribution in [1.82, 2.24) is 10.6 Å². The number of anilines is 1. The summed E-state index contributed by atoms with van der Waals surface area (Å²) in [6, 6.07) is 14.6. The van der Waals surface area contributed by atoms with Gasteiger partial charge in [0.25, 0.3) is 5.91 Å². The van der Waals surface area contributed by atoms with Gasteiger partial charge in [0.1, 0.15) is 5.75 Å². The smallest absolute Gasteiger partial charge is 0.262 e. The molecule has 0 aliphatic carbocycles. The second-order valence-electron chi connectivity index (χ2n) is 6.38. The van der Waals surface area contributed by atoms with E-state index < -0.39 is 6.10 Å². The molecule has 0 fully saturated rings. The van der Waals surface area contributed by atoms with Gasteiger partial charge in [0.05, 0.1) is 24.8 Å². The Morgan fingerprint density at radius 1 is 1.22 bits per heavy atom. The maximum absolute atomic E-state index is 12.6. The van der Waals surface area contributed by atoms with Gasteiger partial charge in [0.2, 0.25) is 5.91 Å². The lowest BCUT2D eigenvalue weighted by molar-refractivity contribution is -0.127. The number of fused-ring (bicyclic) bond motifs is 1. The zero-order chi connectivity index (χ0) is 19.4. The highest BCUT2D eigenvalue weighted by molar-refractivity contribution is 6.31. The minimum Gasteiger partial charge on any atom is -0.477 e. The van der Waals surface area contributed by atoms with E-state index in [1.165, 1.54) is 0 Å². The zero-order valence-corrected chi connectivity index (χ0v) is 16.0. The van der Waals surface area contributed by atoms with E-state index in [1.807, 2.05) is 48.2 Å². The molecule has 27 heavy (non-hydrogen) atoms. The molecule has 0 aromatic heterocycles. The molecule has 6 nitrogen and oxygen atoms in total. The maximum Gasteiger partial charge on any atom is 0.262 e. The standard InChI is InChI=1S/C20H22ClN3O3/c1-13(14-7-3-4-8-15(14)21)23-19(25)12-24-11-18(20(26)22-2)27-17-10-6-5-9-16(17)24/h3-10,13,18H,11-12H2,1-2H3,(H,22,26)(H,23,25)/t13-,18+/m0/s1. The van der Waals surface area contributed by atoms with Crippen LogP contribution in [0, 0.1) is 0 Å². The van der Waals surface area contributed by atoms with Gasteiger partial charge in [-0.15, -0.1) is 0 Å². The molecule has 0 saturated heterocycles. The molecular weight excluding hydrogens is 366 g/mol. The Labute approximate surface area is 163 Å². The summed E-state index contributed by atoms with van der Waals surface area (Å²) >= 11 is 6.21. The van der Waals surface area contributed by atoms with Crippen LogP contribution in [-0.4, -0.2) is 38.1 Å². The van der Waals surface area contributed by atoms with E-state index in [9.17, 15) is 9.59 Å². The molecule has 1 aliphatic rings. The number of likely N-dealkylation sites (N-methyl/N-ethyl adjacent to an activating group) is 1. The van der Waals surface area contributed by atoms with Crippen molar-refractivity contribution < 1.29 is 14.3 Å². The lowest BCUT2D eigenvalue weighted by Crippen LogP contribution is -2.50. The van der Waals surface area contributed by atoms with E-state index in [0.29, 0.717) is 17.3 Å². The fourth-order valence-corrected chi connectivity index (χ4v) is 3.42. The Balaban J connectivity index is 1.72. The topological polar surface area (TPSA) is 70.7 Å². The van der Waals surface area contributed by atoms with Crippen LogP contribution >= 0.6 is 11.6 Å². The van der Waals surface area contributed by atoms with E-state index in [1.54, 1.807) is 19.2 Å². The minimum absolute atomic E-state index is 0.114. The highest BCUT2D eigenvalue weighted by atomic mass is 35.5. The average molecular weight is 388 g/mol. The SMILES string of the molecule is CNC(=O)[C@H]1CN(CC(=O)N[C@@H](C)c2ccccc2Cl)c2ccccc2O1. The van der Waals surface area contributed by atoms with Gasteiger partial charge >= 0.3 is 0 Å². The first-order valence-corrected chi connectivity index (χ1v) is 9.13. The van der Waals surface area contributed by atoms with Crippen LogP contribution in [0.3, 0.4) is 0 Å². The monoisotopic (exact) mass is 387 g/mol. The molecule has 1 aliphatic heterocycles. The third-order valence-corrected chi connectivity index (χ3v) is 4.83. The van der Waals surface area contributed by atoms with Crippen LogP contribution in [0.15, 0.2) is 48.5 Å². The number of hydrogen-bond acceptors (Lipinski definition) is 4. The number of benzene rings is 2. The van der Waals surface area contributed by atoms with Crippen molar-refractivity contribution in [1.29, 1.82) is 0 Å². The van der Waals surface area contributed by atoms with Gasteiger partial charge < -0.3 is 20.3 Å². The van der Waals surface area contributed by atoms with Crippen molar-refractivity contribution in [3.05, 3.63) is 59.1 Å². The van der Waals surface area contributed by atoms with Crippen LogP contribution in [0.1, 0.15) is 18.5 Å². The van der Waals surface area contributed by atoms with Crippen LogP contribution in [0.5, 0.6) is 5.75 Å². The second kappa shape index (κ2) is 8.31. The van der Waals surface area contributed by atoms with Crippen molar-refractivity contribution in [2.45, 2.75) is 19.1 Å². The first-order valence-electron chi connectivity index (χ1n) is 8.75. The Hall–Kier alpha value is -2.73. The number of para-hydroxylation sites is 2. The highest BCUT2D eigenvalue weighted by Gasteiger charge is 2.31. The molecule has 2 N–H and O–H groups in total. The molecule has 142 valence electrons. The van der Waals surface area contributed by atoms with Crippen LogP contribution in [-0.2, 0) is 9.59 Å². The number of nitrogens with one attached hydrogen (secondary N) is 2. The summed E-state index contributed by atoms with van der Waals surface area (Å²) in [5.74, 6) is 0.207. The van der Waals surface area contributed by atoms with Gasteiger partial charge in [0, 0.05) is 12.1 Å². The maximum atomic E-state index is 12.6. The van der Waals surface area contributed by atoms with E-state index in [-0.39, 0.29) is 24.4 Å². The fourth-order valence-electron chi connectivity index (χ4n) is 3.12. The number of amides is 2. The lowest BCUT2D eigenvalue weighted by Gasteiger charge is -2.35. The van der Waals surface area contributed by atoms with Crippen LogP contribution in [0.2, 0.25) is 5.02 Å². The predicted molar refractivity (Wildman–Crippen MR) is 105 cm³/mol. The summed E-state index contributed by atoms with van der Waals surface area (Å²) in [6.07, 6.45) is -0.668. The normalized spacial score (nSPS) is 16.7. The van der Waals surface area contributed by atoms with E-state index >= 15 is 0 Å². The average Bonchev–Trinajstić information content (AvgIpc) is 2.67. The molecule has 2 amide bonds. The van der Waals surface area contributed by atoms with Gasteiger partial charge in [-0.25, -0.2) is 0 Å². The van der Waals surface area contributed by atoms with E-state index in [0.717, 1.165) is 11.3 Å². The van der Waals surface area contributed by atoms with E-state index in [4.69, 9.17) is 16.3 Å². The molecule has 7 heteroatoms. The highest BCUT2D eigenvalue weighted by Crippen LogP contribution is 2.33. The van der Waals surface area contributed by atoms with Gasteiger partial charge in [-0.2, -0.15) is 0 Å². The molecule has 0 radical (unpaired) electrons. The lowest BCUT2D eigenvalue weighted by atomic mass is 10.1. The Morgan fingerprint density at radius 3 is 2.67 bits per heavy atom. The van der Waals surface area contributed by atoms with Crippen molar-refractivity contribution in [2.24, 2.45) is 0 Å². The molecule has 2 aromatic carbocycles. The number of halogens is 1. The summed E-state index contributed by atoms with van der Waals surface area (Å²) in [5, 5.41) is 6.17. The molecule has 0 unspecified atom stereocenters. The molecule has 2 atom stereocenters. The number of carbonyl (C=O) groups is 2.